The summed E-state index contributed by atoms with van der Waals surface area (Å²) >= 11 is 3.38. The number of rotatable bonds is 1. The van der Waals surface area contributed by atoms with Crippen LogP contribution in [0.2, 0.25) is 0 Å². The minimum Gasteiger partial charge on any atom is -0.207 e. The monoisotopic (exact) mass is 228 g/mol. The van der Waals surface area contributed by atoms with Gasteiger partial charge in [0.1, 0.15) is 5.82 Å². The van der Waals surface area contributed by atoms with E-state index >= 15 is 0 Å². The maximum absolute atomic E-state index is 13.3. The van der Waals surface area contributed by atoms with Crippen LogP contribution in [0, 0.1) is 5.82 Å². The van der Waals surface area contributed by atoms with E-state index in [0.717, 1.165) is 22.9 Å². The molecule has 0 bridgehead atoms. The fraction of sp³-hybridized carbons (Fsp3) is 0.400. The van der Waals surface area contributed by atoms with Gasteiger partial charge in [-0.15, -0.1) is 0 Å². The summed E-state index contributed by atoms with van der Waals surface area (Å²) in [5.74, 6) is 0.398. The first-order valence-corrected chi connectivity index (χ1v) is 5.02. The van der Waals surface area contributed by atoms with Gasteiger partial charge in [0.15, 0.2) is 0 Å². The number of benzene rings is 1. The Morgan fingerprint density at radius 1 is 1.33 bits per heavy atom. The second-order valence-corrected chi connectivity index (χ2v) is 4.12. The first kappa shape index (κ1) is 8.24. The van der Waals surface area contributed by atoms with Crippen LogP contribution >= 0.6 is 15.9 Å². The Kier molecular flexibility index (Phi) is 2.18. The van der Waals surface area contributed by atoms with Gasteiger partial charge in [-0.25, -0.2) is 4.39 Å². The van der Waals surface area contributed by atoms with E-state index in [-0.39, 0.29) is 5.82 Å². The molecule has 0 aromatic heterocycles. The summed E-state index contributed by atoms with van der Waals surface area (Å²) in [7, 11) is 0. The Balaban J connectivity index is 2.39. The molecule has 0 nitrogen and oxygen atoms in total. The minimum absolute atomic E-state index is 0.0610. The SMILES string of the molecule is Fc1cccc(Br)c1C1CCC1. The summed E-state index contributed by atoms with van der Waals surface area (Å²) in [5.41, 5.74) is 0.878. The van der Waals surface area contributed by atoms with E-state index in [1.807, 2.05) is 6.07 Å². The first-order valence-electron chi connectivity index (χ1n) is 4.23. The standard InChI is InChI=1S/C10H10BrF/c11-8-5-2-6-9(12)10(8)7-3-1-4-7/h2,5-7H,1,3-4H2. The highest BCUT2D eigenvalue weighted by atomic mass is 79.9. The summed E-state index contributed by atoms with van der Waals surface area (Å²) in [5, 5.41) is 0. The zero-order chi connectivity index (χ0) is 8.55. The van der Waals surface area contributed by atoms with Gasteiger partial charge < -0.3 is 0 Å². The van der Waals surface area contributed by atoms with Crippen molar-refractivity contribution in [3.05, 3.63) is 34.1 Å². The molecule has 1 aromatic carbocycles. The van der Waals surface area contributed by atoms with Crippen LogP contribution in [-0.4, -0.2) is 0 Å². The van der Waals surface area contributed by atoms with Crippen LogP contribution in [0.15, 0.2) is 22.7 Å². The predicted octanol–water partition coefficient (Wildman–Crippen LogP) is 3.86. The van der Waals surface area contributed by atoms with Gasteiger partial charge in [0.05, 0.1) is 0 Å². The van der Waals surface area contributed by atoms with Crippen molar-refractivity contribution in [2.45, 2.75) is 25.2 Å². The Morgan fingerprint density at radius 3 is 2.58 bits per heavy atom. The molecule has 1 saturated carbocycles. The lowest BCUT2D eigenvalue weighted by Gasteiger charge is -2.26. The largest absolute Gasteiger partial charge is 0.207 e. The average molecular weight is 229 g/mol. The van der Waals surface area contributed by atoms with Crippen molar-refractivity contribution in [1.82, 2.24) is 0 Å². The van der Waals surface area contributed by atoms with Gasteiger partial charge in [0.25, 0.3) is 0 Å². The maximum atomic E-state index is 13.3. The molecule has 2 rings (SSSR count). The van der Waals surface area contributed by atoms with E-state index in [1.54, 1.807) is 12.1 Å². The molecule has 1 aliphatic rings. The van der Waals surface area contributed by atoms with Crippen molar-refractivity contribution in [1.29, 1.82) is 0 Å². The van der Waals surface area contributed by atoms with Crippen molar-refractivity contribution in [3.8, 4) is 0 Å². The molecule has 0 N–H and O–H groups in total. The summed E-state index contributed by atoms with van der Waals surface area (Å²) in [6, 6.07) is 5.19. The zero-order valence-electron chi connectivity index (χ0n) is 6.69. The van der Waals surface area contributed by atoms with Crippen LogP contribution < -0.4 is 0 Å². The number of hydrogen-bond donors (Lipinski definition) is 0. The zero-order valence-corrected chi connectivity index (χ0v) is 8.27. The van der Waals surface area contributed by atoms with Crippen molar-refractivity contribution in [2.75, 3.05) is 0 Å². The molecule has 0 spiro atoms. The molecular formula is C10H10BrF. The van der Waals surface area contributed by atoms with E-state index in [2.05, 4.69) is 15.9 Å². The molecule has 0 radical (unpaired) electrons. The second-order valence-electron chi connectivity index (χ2n) is 3.26. The van der Waals surface area contributed by atoms with Crippen molar-refractivity contribution in [3.63, 3.8) is 0 Å². The van der Waals surface area contributed by atoms with Crippen molar-refractivity contribution in [2.24, 2.45) is 0 Å². The van der Waals surface area contributed by atoms with Crippen LogP contribution in [0.25, 0.3) is 0 Å². The molecule has 64 valence electrons. The summed E-state index contributed by atoms with van der Waals surface area (Å²) in [6.07, 6.45) is 3.52. The summed E-state index contributed by atoms with van der Waals surface area (Å²) < 4.78 is 14.2. The molecule has 2 heteroatoms. The Hall–Kier alpha value is -0.370. The third-order valence-corrected chi connectivity index (χ3v) is 3.20. The van der Waals surface area contributed by atoms with Crippen LogP contribution in [-0.2, 0) is 0 Å². The topological polar surface area (TPSA) is 0 Å². The fourth-order valence-corrected chi connectivity index (χ4v) is 2.26. The molecule has 0 saturated heterocycles. The Morgan fingerprint density at radius 2 is 2.08 bits per heavy atom. The molecule has 0 aliphatic heterocycles. The lowest BCUT2D eigenvalue weighted by Crippen LogP contribution is -2.11. The number of hydrogen-bond acceptors (Lipinski definition) is 0. The Labute approximate surface area is 79.9 Å². The average Bonchev–Trinajstić information content (AvgIpc) is 1.93. The molecule has 0 heterocycles. The highest BCUT2D eigenvalue weighted by Crippen LogP contribution is 2.40. The van der Waals surface area contributed by atoms with E-state index in [9.17, 15) is 4.39 Å². The second kappa shape index (κ2) is 3.17. The van der Waals surface area contributed by atoms with Gasteiger partial charge >= 0.3 is 0 Å². The van der Waals surface area contributed by atoms with Gasteiger partial charge in [0, 0.05) is 10.0 Å². The van der Waals surface area contributed by atoms with E-state index < -0.39 is 0 Å². The summed E-state index contributed by atoms with van der Waals surface area (Å²) in [4.78, 5) is 0. The Bertz CT molecular complexity index is 272. The van der Waals surface area contributed by atoms with Crippen molar-refractivity contribution < 1.29 is 4.39 Å². The minimum atomic E-state index is -0.0610. The van der Waals surface area contributed by atoms with Gasteiger partial charge in [-0.3, -0.25) is 0 Å². The van der Waals surface area contributed by atoms with Crippen molar-refractivity contribution >= 4 is 15.9 Å². The lowest BCUT2D eigenvalue weighted by atomic mass is 9.80. The van der Waals surface area contributed by atoms with E-state index in [0.29, 0.717) is 5.92 Å². The molecule has 0 unspecified atom stereocenters. The van der Waals surface area contributed by atoms with Crippen LogP contribution in [0.4, 0.5) is 4.39 Å². The highest BCUT2D eigenvalue weighted by molar-refractivity contribution is 9.10. The molecule has 1 fully saturated rings. The van der Waals surface area contributed by atoms with Crippen LogP contribution in [0.3, 0.4) is 0 Å². The predicted molar refractivity (Wildman–Crippen MR) is 50.7 cm³/mol. The first-order chi connectivity index (χ1) is 5.79. The van der Waals surface area contributed by atoms with E-state index in [4.69, 9.17) is 0 Å². The molecule has 1 aromatic rings. The fourth-order valence-electron chi connectivity index (χ4n) is 1.60. The quantitative estimate of drug-likeness (QED) is 0.685. The van der Waals surface area contributed by atoms with Crippen LogP contribution in [0.5, 0.6) is 0 Å². The highest BCUT2D eigenvalue weighted by Gasteiger charge is 2.24. The van der Waals surface area contributed by atoms with Gasteiger partial charge in [0.2, 0.25) is 0 Å². The molecule has 0 amide bonds. The summed E-state index contributed by atoms with van der Waals surface area (Å²) in [6.45, 7) is 0. The molecule has 1 aliphatic carbocycles. The molecule has 12 heavy (non-hydrogen) atoms. The van der Waals surface area contributed by atoms with Gasteiger partial charge in [-0.2, -0.15) is 0 Å². The third-order valence-electron chi connectivity index (χ3n) is 2.51. The maximum Gasteiger partial charge on any atom is 0.127 e. The molecular weight excluding hydrogens is 219 g/mol. The number of halogens is 2. The third kappa shape index (κ3) is 1.28. The lowest BCUT2D eigenvalue weighted by molar-refractivity contribution is 0.403. The van der Waals surface area contributed by atoms with Crippen LogP contribution in [0.1, 0.15) is 30.7 Å². The normalized spacial score (nSPS) is 17.5. The molecule has 0 atom stereocenters. The van der Waals surface area contributed by atoms with Gasteiger partial charge in [-0.05, 0) is 30.9 Å². The smallest absolute Gasteiger partial charge is 0.127 e. The van der Waals surface area contributed by atoms with E-state index in [1.165, 1.54) is 6.42 Å². The van der Waals surface area contributed by atoms with Gasteiger partial charge in [-0.1, -0.05) is 28.4 Å².